The van der Waals surface area contributed by atoms with Crippen LogP contribution in [0.4, 0.5) is 0 Å². The Morgan fingerprint density at radius 2 is 1.46 bits per heavy atom. The summed E-state index contributed by atoms with van der Waals surface area (Å²) in [5.41, 5.74) is 1.92. The summed E-state index contributed by atoms with van der Waals surface area (Å²) in [6, 6.07) is 15.4. The fraction of sp³-hybridized carbons (Fsp3) is 0.444. The average Bonchev–Trinajstić information content (AvgIpc) is 3.69. The van der Waals surface area contributed by atoms with Gasteiger partial charge >= 0.3 is 5.97 Å². The highest BCUT2D eigenvalue weighted by atomic mass is 16.6. The molecule has 1 fully saturated rings. The van der Waals surface area contributed by atoms with Crippen LogP contribution in [0.1, 0.15) is 25.0 Å². The number of aliphatic hydroxyl groups is 2. The Hall–Kier alpha value is -2.91. The number of esters is 1. The van der Waals surface area contributed by atoms with Crippen LogP contribution >= 0.6 is 0 Å². The Kier molecular flexibility index (Phi) is 9.68. The molecule has 2 aromatic carbocycles. The lowest BCUT2D eigenvalue weighted by Crippen LogP contribution is -2.25. The zero-order chi connectivity index (χ0) is 25.3. The number of rotatable bonds is 15. The van der Waals surface area contributed by atoms with Crippen LogP contribution in [-0.4, -0.2) is 74.1 Å². The van der Waals surface area contributed by atoms with Crippen molar-refractivity contribution >= 4 is 5.97 Å². The van der Waals surface area contributed by atoms with Crippen LogP contribution in [0.25, 0.3) is 0 Å². The van der Waals surface area contributed by atoms with E-state index in [0.717, 1.165) is 23.8 Å². The maximum atomic E-state index is 11.1. The average molecular weight is 487 g/mol. The van der Waals surface area contributed by atoms with E-state index in [1.807, 2.05) is 48.5 Å². The second-order valence-corrected chi connectivity index (χ2v) is 8.93. The van der Waals surface area contributed by atoms with Gasteiger partial charge in [0.05, 0.1) is 19.8 Å². The number of aliphatic hydroxyl groups excluding tert-OH is 2. The van der Waals surface area contributed by atoms with Gasteiger partial charge in [-0.25, -0.2) is 4.79 Å². The van der Waals surface area contributed by atoms with E-state index in [0.29, 0.717) is 18.1 Å². The van der Waals surface area contributed by atoms with Crippen LogP contribution in [0.2, 0.25) is 0 Å². The zero-order valence-electron chi connectivity index (χ0n) is 20.2. The zero-order valence-corrected chi connectivity index (χ0v) is 20.2. The number of hydrogen-bond acceptors (Lipinski definition) is 8. The molecule has 2 N–H and O–H groups in total. The predicted molar refractivity (Wildman–Crippen MR) is 130 cm³/mol. The molecule has 1 saturated heterocycles. The first kappa shape index (κ1) is 26.7. The largest absolute Gasteiger partial charge is 0.491 e. The molecular weight excluding hydrogens is 452 g/mol. The molecule has 0 bridgehead atoms. The number of carbonyl (C=O) groups is 1. The highest BCUT2D eigenvalue weighted by Crippen LogP contribution is 2.33. The van der Waals surface area contributed by atoms with Gasteiger partial charge in [0.25, 0.3) is 0 Å². The molecule has 1 heterocycles. The van der Waals surface area contributed by atoms with Crippen molar-refractivity contribution in [3.05, 3.63) is 72.3 Å². The molecule has 35 heavy (non-hydrogen) atoms. The fourth-order valence-electron chi connectivity index (χ4n) is 3.32. The third-order valence-electron chi connectivity index (χ3n) is 5.64. The van der Waals surface area contributed by atoms with Crippen LogP contribution in [0.5, 0.6) is 11.5 Å². The first-order chi connectivity index (χ1) is 16.8. The fourth-order valence-corrected chi connectivity index (χ4v) is 3.32. The molecule has 3 unspecified atom stereocenters. The van der Waals surface area contributed by atoms with Gasteiger partial charge in [0.15, 0.2) is 0 Å². The first-order valence-corrected chi connectivity index (χ1v) is 11.6. The minimum Gasteiger partial charge on any atom is -0.491 e. The standard InChI is InChI=1S/C27H34O8/c1-4-26(30)35-16-22(29)15-33-24-11-7-20(8-12-24)27(2,3)19-5-9-23(10-6-19)32-14-21(28)13-31-17-25-18-34-25/h4-12,21-22,25,28-29H,1,13-18H2,2-3H3. The number of ether oxygens (including phenoxy) is 5. The van der Waals surface area contributed by atoms with Crippen molar-refractivity contribution in [3.63, 3.8) is 0 Å². The minimum atomic E-state index is -0.929. The van der Waals surface area contributed by atoms with Crippen LogP contribution in [0.3, 0.4) is 0 Å². The second-order valence-electron chi connectivity index (χ2n) is 8.93. The monoisotopic (exact) mass is 486 g/mol. The van der Waals surface area contributed by atoms with Crippen molar-refractivity contribution in [1.82, 2.24) is 0 Å². The Balaban J connectivity index is 1.47. The van der Waals surface area contributed by atoms with E-state index in [2.05, 4.69) is 20.4 Å². The molecule has 8 heteroatoms. The summed E-state index contributed by atoms with van der Waals surface area (Å²) in [5, 5.41) is 19.9. The van der Waals surface area contributed by atoms with Gasteiger partial charge in [-0.3, -0.25) is 0 Å². The van der Waals surface area contributed by atoms with Crippen LogP contribution in [0.15, 0.2) is 61.2 Å². The van der Waals surface area contributed by atoms with Crippen LogP contribution < -0.4 is 9.47 Å². The highest BCUT2D eigenvalue weighted by Gasteiger charge is 2.24. The van der Waals surface area contributed by atoms with Gasteiger partial charge in [0, 0.05) is 11.5 Å². The molecule has 0 saturated carbocycles. The summed E-state index contributed by atoms with van der Waals surface area (Å²) in [6.07, 6.45) is -0.408. The molecule has 0 aliphatic carbocycles. The normalized spacial score (nSPS) is 16.7. The van der Waals surface area contributed by atoms with Crippen LogP contribution in [-0.2, 0) is 24.4 Å². The molecule has 1 aliphatic rings. The van der Waals surface area contributed by atoms with E-state index < -0.39 is 18.2 Å². The molecule has 3 atom stereocenters. The number of benzene rings is 2. The SMILES string of the molecule is C=CC(=O)OCC(O)COc1ccc(C(C)(C)c2ccc(OCC(O)COCC3CO3)cc2)cc1. The molecule has 3 rings (SSSR count). The molecule has 8 nitrogen and oxygen atoms in total. The molecule has 0 radical (unpaired) electrons. The van der Waals surface area contributed by atoms with Gasteiger partial charge in [-0.15, -0.1) is 0 Å². The Bertz CT molecular complexity index is 935. The van der Waals surface area contributed by atoms with Gasteiger partial charge < -0.3 is 33.9 Å². The molecule has 190 valence electrons. The second kappa shape index (κ2) is 12.7. The Labute approximate surface area is 206 Å². The van der Waals surface area contributed by atoms with Crippen molar-refractivity contribution < 1.29 is 38.7 Å². The third kappa shape index (κ3) is 8.67. The van der Waals surface area contributed by atoms with Crippen molar-refractivity contribution in [2.45, 2.75) is 37.6 Å². The maximum Gasteiger partial charge on any atom is 0.330 e. The van der Waals surface area contributed by atoms with E-state index >= 15 is 0 Å². The quantitative estimate of drug-likeness (QED) is 0.225. The maximum absolute atomic E-state index is 11.1. The number of epoxide rings is 1. The van der Waals surface area contributed by atoms with Crippen molar-refractivity contribution in [2.24, 2.45) is 0 Å². The highest BCUT2D eigenvalue weighted by molar-refractivity contribution is 5.81. The van der Waals surface area contributed by atoms with Crippen molar-refractivity contribution in [3.8, 4) is 11.5 Å². The number of carbonyl (C=O) groups excluding carboxylic acids is 1. The molecule has 0 aromatic heterocycles. The smallest absolute Gasteiger partial charge is 0.330 e. The number of hydrogen-bond donors (Lipinski definition) is 2. The van der Waals surface area contributed by atoms with Crippen molar-refractivity contribution in [2.75, 3.05) is 39.6 Å². The molecule has 0 amide bonds. The van der Waals surface area contributed by atoms with Gasteiger partial charge in [-0.05, 0) is 35.4 Å². The van der Waals surface area contributed by atoms with Gasteiger partial charge in [0.1, 0.15) is 49.6 Å². The van der Waals surface area contributed by atoms with E-state index in [1.165, 1.54) is 0 Å². The summed E-state index contributed by atoms with van der Waals surface area (Å²) in [7, 11) is 0. The van der Waals surface area contributed by atoms with E-state index in [-0.39, 0.29) is 37.9 Å². The minimum absolute atomic E-state index is 0.00435. The third-order valence-corrected chi connectivity index (χ3v) is 5.64. The Morgan fingerprint density at radius 3 is 1.91 bits per heavy atom. The summed E-state index contributed by atoms with van der Waals surface area (Å²) < 4.78 is 26.5. The lowest BCUT2D eigenvalue weighted by molar-refractivity contribution is -0.141. The van der Waals surface area contributed by atoms with Crippen LogP contribution in [0, 0.1) is 0 Å². The predicted octanol–water partition coefficient (Wildman–Crippen LogP) is 2.64. The summed E-state index contributed by atoms with van der Waals surface area (Å²) in [6.45, 7) is 9.01. The van der Waals surface area contributed by atoms with Gasteiger partial charge in [-0.2, -0.15) is 0 Å². The Morgan fingerprint density at radius 1 is 0.971 bits per heavy atom. The lowest BCUT2D eigenvalue weighted by atomic mass is 9.78. The van der Waals surface area contributed by atoms with E-state index in [4.69, 9.17) is 23.7 Å². The summed E-state index contributed by atoms with van der Waals surface area (Å²) >= 11 is 0. The first-order valence-electron chi connectivity index (χ1n) is 11.6. The summed E-state index contributed by atoms with van der Waals surface area (Å²) in [5.74, 6) is 0.697. The molecular formula is C27H34O8. The topological polar surface area (TPSA) is 107 Å². The lowest BCUT2D eigenvalue weighted by Gasteiger charge is -2.26. The molecule has 1 aliphatic heterocycles. The van der Waals surface area contributed by atoms with E-state index in [1.54, 1.807) is 0 Å². The van der Waals surface area contributed by atoms with E-state index in [9.17, 15) is 15.0 Å². The van der Waals surface area contributed by atoms with Crippen molar-refractivity contribution in [1.29, 1.82) is 0 Å². The van der Waals surface area contributed by atoms with Gasteiger partial charge in [0.2, 0.25) is 0 Å². The summed E-state index contributed by atoms with van der Waals surface area (Å²) in [4.78, 5) is 11.1. The molecule has 0 spiro atoms. The van der Waals surface area contributed by atoms with Gasteiger partial charge in [-0.1, -0.05) is 44.7 Å². The molecule has 2 aromatic rings.